The minimum atomic E-state index is -0.440. The summed E-state index contributed by atoms with van der Waals surface area (Å²) in [6, 6.07) is 8.34. The van der Waals surface area contributed by atoms with Gasteiger partial charge in [0.15, 0.2) is 0 Å². The molecule has 0 aliphatic heterocycles. The number of rotatable bonds is 1. The fraction of sp³-hybridized carbons (Fsp3) is 0.0667. The molecule has 0 fully saturated rings. The van der Waals surface area contributed by atoms with E-state index in [4.69, 9.17) is 4.42 Å². The molecule has 0 aliphatic carbocycles. The first-order valence-corrected chi connectivity index (χ1v) is 5.83. The van der Waals surface area contributed by atoms with Gasteiger partial charge in [0.05, 0.1) is 5.39 Å². The first-order valence-electron chi connectivity index (χ1n) is 5.83. The smallest absolute Gasteiger partial charge is 0.336 e. The third kappa shape index (κ3) is 1.97. The Morgan fingerprint density at radius 2 is 1.89 bits per heavy atom. The molecular weight excluding hydrogens is 242 g/mol. The van der Waals surface area contributed by atoms with E-state index in [0.717, 1.165) is 11.1 Å². The number of aromatic nitrogens is 1. The molecule has 2 heterocycles. The average molecular weight is 253 g/mol. The molecule has 0 saturated heterocycles. The van der Waals surface area contributed by atoms with Gasteiger partial charge >= 0.3 is 5.63 Å². The van der Waals surface area contributed by atoms with Crippen LogP contribution in [0.3, 0.4) is 0 Å². The number of benzene rings is 1. The van der Waals surface area contributed by atoms with Gasteiger partial charge in [0.2, 0.25) is 0 Å². The van der Waals surface area contributed by atoms with E-state index >= 15 is 0 Å². The van der Waals surface area contributed by atoms with Crippen LogP contribution in [0.5, 0.6) is 5.75 Å². The predicted octanol–water partition coefficient (Wildman–Crippen LogP) is 2.87. The zero-order valence-corrected chi connectivity index (χ0v) is 10.3. The summed E-state index contributed by atoms with van der Waals surface area (Å²) in [5, 5.41) is 10.6. The molecule has 0 amide bonds. The monoisotopic (exact) mass is 253 g/mol. The number of hydrogen-bond acceptors (Lipinski definition) is 4. The Balaban J connectivity index is 2.45. The van der Waals surface area contributed by atoms with Gasteiger partial charge in [-0.25, -0.2) is 4.79 Å². The second-order valence-corrected chi connectivity index (χ2v) is 4.37. The van der Waals surface area contributed by atoms with Crippen molar-refractivity contribution in [2.75, 3.05) is 0 Å². The number of aryl methyl sites for hydroxylation is 1. The molecule has 0 bridgehead atoms. The van der Waals surface area contributed by atoms with Crippen molar-refractivity contribution in [1.29, 1.82) is 0 Å². The molecule has 0 unspecified atom stereocenters. The van der Waals surface area contributed by atoms with Crippen LogP contribution in [-0.2, 0) is 0 Å². The van der Waals surface area contributed by atoms with Gasteiger partial charge in [-0.1, -0.05) is 0 Å². The van der Waals surface area contributed by atoms with Crippen LogP contribution >= 0.6 is 0 Å². The van der Waals surface area contributed by atoms with E-state index in [-0.39, 0.29) is 5.75 Å². The van der Waals surface area contributed by atoms with Gasteiger partial charge in [-0.15, -0.1) is 0 Å². The van der Waals surface area contributed by atoms with Crippen molar-refractivity contribution >= 4 is 11.0 Å². The summed E-state index contributed by atoms with van der Waals surface area (Å²) in [6.07, 6.45) is 3.28. The molecule has 2 aromatic heterocycles. The van der Waals surface area contributed by atoms with Crippen LogP contribution in [0.15, 0.2) is 51.9 Å². The van der Waals surface area contributed by atoms with Gasteiger partial charge in [0.1, 0.15) is 11.3 Å². The highest BCUT2D eigenvalue weighted by molar-refractivity contribution is 5.97. The van der Waals surface area contributed by atoms with Crippen LogP contribution in [0, 0.1) is 6.92 Å². The molecular formula is C15H11NO3. The van der Waals surface area contributed by atoms with Crippen LogP contribution in [0.25, 0.3) is 22.1 Å². The fourth-order valence-corrected chi connectivity index (χ4v) is 2.17. The van der Waals surface area contributed by atoms with Crippen molar-refractivity contribution in [2.45, 2.75) is 6.92 Å². The molecule has 19 heavy (non-hydrogen) atoms. The van der Waals surface area contributed by atoms with Gasteiger partial charge in [-0.3, -0.25) is 4.98 Å². The lowest BCUT2D eigenvalue weighted by atomic mass is 10.0. The molecule has 0 spiro atoms. The van der Waals surface area contributed by atoms with Gasteiger partial charge < -0.3 is 9.52 Å². The Bertz CT molecular complexity index is 807. The van der Waals surface area contributed by atoms with Crippen LogP contribution in [0.2, 0.25) is 0 Å². The number of phenols is 1. The third-order valence-electron chi connectivity index (χ3n) is 2.96. The molecule has 4 heteroatoms. The maximum Gasteiger partial charge on any atom is 0.336 e. The summed E-state index contributed by atoms with van der Waals surface area (Å²) in [6.45, 7) is 1.83. The van der Waals surface area contributed by atoms with Crippen molar-refractivity contribution < 1.29 is 9.52 Å². The Kier molecular flexibility index (Phi) is 2.56. The SMILES string of the molecule is Cc1cc(O)c2c(-c3ccncc3)cc(=O)oc2c1. The summed E-state index contributed by atoms with van der Waals surface area (Å²) in [5.74, 6) is 0.102. The van der Waals surface area contributed by atoms with E-state index in [1.165, 1.54) is 6.07 Å². The number of phenolic OH excluding ortho intramolecular Hbond substituents is 1. The van der Waals surface area contributed by atoms with Crippen LogP contribution in [0.4, 0.5) is 0 Å². The number of aromatic hydroxyl groups is 1. The third-order valence-corrected chi connectivity index (χ3v) is 2.96. The summed E-state index contributed by atoms with van der Waals surface area (Å²) in [5.41, 5.74) is 2.24. The number of fused-ring (bicyclic) bond motifs is 1. The van der Waals surface area contributed by atoms with E-state index in [9.17, 15) is 9.90 Å². The standard InChI is InChI=1S/C15H11NO3/c1-9-6-12(17)15-11(10-2-4-16-5-3-10)8-14(18)19-13(15)7-9/h2-8,17H,1H3. The van der Waals surface area contributed by atoms with Crippen LogP contribution in [-0.4, -0.2) is 10.1 Å². The first kappa shape index (κ1) is 11.5. The molecule has 3 aromatic rings. The Hall–Kier alpha value is -2.62. The molecule has 0 saturated carbocycles. The summed E-state index contributed by atoms with van der Waals surface area (Å²) in [4.78, 5) is 15.6. The van der Waals surface area contributed by atoms with E-state index in [0.29, 0.717) is 16.5 Å². The second kappa shape index (κ2) is 4.24. The van der Waals surface area contributed by atoms with Crippen molar-refractivity contribution in [3.05, 3.63) is 58.7 Å². The zero-order valence-electron chi connectivity index (χ0n) is 10.3. The quantitative estimate of drug-likeness (QED) is 0.677. The fourth-order valence-electron chi connectivity index (χ4n) is 2.17. The molecule has 1 aromatic carbocycles. The molecule has 1 N–H and O–H groups in total. The second-order valence-electron chi connectivity index (χ2n) is 4.37. The number of pyridine rings is 1. The summed E-state index contributed by atoms with van der Waals surface area (Å²) < 4.78 is 5.15. The highest BCUT2D eigenvalue weighted by Gasteiger charge is 2.12. The molecule has 0 atom stereocenters. The van der Waals surface area contributed by atoms with E-state index < -0.39 is 5.63 Å². The summed E-state index contributed by atoms with van der Waals surface area (Å²) in [7, 11) is 0. The van der Waals surface area contributed by atoms with Gasteiger partial charge in [0, 0.05) is 24.0 Å². The van der Waals surface area contributed by atoms with Crippen molar-refractivity contribution in [3.8, 4) is 16.9 Å². The largest absolute Gasteiger partial charge is 0.507 e. The van der Waals surface area contributed by atoms with Crippen LogP contribution in [0.1, 0.15) is 5.56 Å². The number of nitrogens with zero attached hydrogens (tertiary/aromatic N) is 1. The summed E-state index contributed by atoms with van der Waals surface area (Å²) >= 11 is 0. The highest BCUT2D eigenvalue weighted by Crippen LogP contribution is 2.34. The molecule has 4 nitrogen and oxygen atoms in total. The molecule has 0 aliphatic rings. The van der Waals surface area contributed by atoms with Crippen molar-refractivity contribution in [3.63, 3.8) is 0 Å². The lowest BCUT2D eigenvalue weighted by molar-refractivity contribution is 0.478. The maximum atomic E-state index is 11.6. The van der Waals surface area contributed by atoms with Crippen LogP contribution < -0.4 is 5.63 Å². The van der Waals surface area contributed by atoms with Crippen molar-refractivity contribution in [1.82, 2.24) is 4.98 Å². The average Bonchev–Trinajstić information content (AvgIpc) is 2.38. The Labute approximate surface area is 109 Å². The molecule has 3 rings (SSSR count). The van der Waals surface area contributed by atoms with Gasteiger partial charge in [0.25, 0.3) is 0 Å². The highest BCUT2D eigenvalue weighted by atomic mass is 16.4. The minimum Gasteiger partial charge on any atom is -0.507 e. The topological polar surface area (TPSA) is 63.3 Å². The number of hydrogen-bond donors (Lipinski definition) is 1. The molecule has 0 radical (unpaired) electrons. The Morgan fingerprint density at radius 3 is 2.63 bits per heavy atom. The maximum absolute atomic E-state index is 11.6. The van der Waals surface area contributed by atoms with Crippen molar-refractivity contribution in [2.24, 2.45) is 0 Å². The molecule has 94 valence electrons. The van der Waals surface area contributed by atoms with Gasteiger partial charge in [-0.2, -0.15) is 0 Å². The van der Waals surface area contributed by atoms with E-state index in [2.05, 4.69) is 4.98 Å². The first-order chi connectivity index (χ1) is 9.15. The minimum absolute atomic E-state index is 0.102. The normalized spacial score (nSPS) is 10.8. The van der Waals surface area contributed by atoms with E-state index in [1.54, 1.807) is 36.7 Å². The van der Waals surface area contributed by atoms with E-state index in [1.807, 2.05) is 6.92 Å². The van der Waals surface area contributed by atoms with Gasteiger partial charge in [-0.05, 0) is 42.3 Å². The lowest BCUT2D eigenvalue weighted by Crippen LogP contribution is -1.98. The Morgan fingerprint density at radius 1 is 1.16 bits per heavy atom. The lowest BCUT2D eigenvalue weighted by Gasteiger charge is -2.08. The zero-order chi connectivity index (χ0) is 13.4. The predicted molar refractivity (Wildman–Crippen MR) is 72.1 cm³/mol.